The van der Waals surface area contributed by atoms with Crippen molar-refractivity contribution in [3.63, 3.8) is 0 Å². The second-order valence-electron chi connectivity index (χ2n) is 8.12. The number of rotatable bonds is 6. The molecule has 4 N–H and O–H groups in total. The van der Waals surface area contributed by atoms with Crippen LogP contribution in [0.15, 0.2) is 47.5 Å². The summed E-state index contributed by atoms with van der Waals surface area (Å²) < 4.78 is 34.0. The van der Waals surface area contributed by atoms with Gasteiger partial charge in [-0.15, -0.1) is 0 Å². The summed E-state index contributed by atoms with van der Waals surface area (Å²) in [5.41, 5.74) is 11.4. The van der Waals surface area contributed by atoms with Gasteiger partial charge in [-0.1, -0.05) is 6.07 Å². The molecule has 1 aromatic carbocycles. The van der Waals surface area contributed by atoms with E-state index in [1.165, 1.54) is 0 Å². The summed E-state index contributed by atoms with van der Waals surface area (Å²) >= 11 is 0. The minimum Gasteiger partial charge on any atom is -0.383 e. The monoisotopic (exact) mass is 440 g/mol. The Kier molecular flexibility index (Phi) is 6.13. The molecule has 31 heavy (non-hydrogen) atoms. The van der Waals surface area contributed by atoms with Crippen LogP contribution in [0, 0.1) is 19.8 Å². The summed E-state index contributed by atoms with van der Waals surface area (Å²) in [6.45, 7) is 5.66. The van der Waals surface area contributed by atoms with Gasteiger partial charge in [0.25, 0.3) is 0 Å². The molecule has 8 heteroatoms. The van der Waals surface area contributed by atoms with Gasteiger partial charge in [0.2, 0.25) is 10.0 Å². The van der Waals surface area contributed by atoms with Crippen LogP contribution in [0.3, 0.4) is 0 Å². The minimum atomic E-state index is -3.63. The minimum absolute atomic E-state index is 0.210. The van der Waals surface area contributed by atoms with E-state index in [9.17, 15) is 8.42 Å². The molecule has 7 nitrogen and oxygen atoms in total. The summed E-state index contributed by atoms with van der Waals surface area (Å²) in [6.07, 6.45) is 3.62. The number of aromatic nitrogens is 2. The third-order valence-electron chi connectivity index (χ3n) is 5.69. The molecule has 1 aliphatic heterocycles. The number of hydrogen-bond acceptors (Lipinski definition) is 5. The van der Waals surface area contributed by atoms with E-state index in [4.69, 9.17) is 10.5 Å². The van der Waals surface area contributed by atoms with Crippen LogP contribution in [0.2, 0.25) is 0 Å². The van der Waals surface area contributed by atoms with Gasteiger partial charge in [0, 0.05) is 41.9 Å². The highest BCUT2D eigenvalue weighted by atomic mass is 32.2. The van der Waals surface area contributed by atoms with Crippen LogP contribution in [-0.2, 0) is 14.8 Å². The van der Waals surface area contributed by atoms with Gasteiger partial charge >= 0.3 is 0 Å². The van der Waals surface area contributed by atoms with Crippen molar-refractivity contribution >= 4 is 15.8 Å². The molecule has 4 rings (SSSR count). The first-order valence-electron chi connectivity index (χ1n) is 10.4. The molecule has 0 bridgehead atoms. The zero-order chi connectivity index (χ0) is 22.0. The molecule has 1 atom stereocenters. The van der Waals surface area contributed by atoms with E-state index in [1.54, 1.807) is 18.3 Å². The van der Waals surface area contributed by atoms with Crippen molar-refractivity contribution in [1.82, 2.24) is 14.7 Å². The van der Waals surface area contributed by atoms with Crippen molar-refractivity contribution in [2.45, 2.75) is 31.6 Å². The predicted molar refractivity (Wildman–Crippen MR) is 122 cm³/mol. The molecule has 0 amide bonds. The summed E-state index contributed by atoms with van der Waals surface area (Å²) in [4.78, 5) is 7.86. The van der Waals surface area contributed by atoms with Gasteiger partial charge < -0.3 is 15.5 Å². The van der Waals surface area contributed by atoms with Crippen molar-refractivity contribution in [3.05, 3.63) is 53.9 Å². The highest BCUT2D eigenvalue weighted by Gasteiger charge is 2.20. The molecule has 2 aromatic heterocycles. The topological polar surface area (TPSA) is 110 Å². The maximum absolute atomic E-state index is 12.9. The Morgan fingerprint density at radius 3 is 2.74 bits per heavy atom. The third kappa shape index (κ3) is 4.81. The summed E-state index contributed by atoms with van der Waals surface area (Å²) in [7, 11) is -3.63. The van der Waals surface area contributed by atoms with Crippen LogP contribution in [-0.4, -0.2) is 38.1 Å². The second kappa shape index (κ2) is 8.82. The first-order valence-corrected chi connectivity index (χ1v) is 11.9. The van der Waals surface area contributed by atoms with E-state index in [1.807, 2.05) is 38.1 Å². The van der Waals surface area contributed by atoms with Crippen LogP contribution in [0.5, 0.6) is 0 Å². The lowest BCUT2D eigenvalue weighted by Gasteiger charge is -2.22. The Morgan fingerprint density at radius 1 is 1.19 bits per heavy atom. The van der Waals surface area contributed by atoms with E-state index in [2.05, 4.69) is 14.7 Å². The number of anilines is 1. The van der Waals surface area contributed by atoms with Crippen molar-refractivity contribution in [2.75, 3.05) is 25.5 Å². The highest BCUT2D eigenvalue weighted by molar-refractivity contribution is 7.89. The Hall–Kier alpha value is -2.68. The van der Waals surface area contributed by atoms with Gasteiger partial charge in [-0.2, -0.15) is 0 Å². The van der Waals surface area contributed by atoms with Gasteiger partial charge in [-0.3, -0.25) is 0 Å². The fraction of sp³-hybridized carbons (Fsp3) is 0.348. The smallest absolute Gasteiger partial charge is 0.240 e. The second-order valence-corrected chi connectivity index (χ2v) is 9.89. The number of nitrogens with one attached hydrogen (secondary N) is 2. The molecule has 164 valence electrons. The number of ether oxygens (including phenoxy) is 1. The normalized spacial score (nSPS) is 17.0. The molecule has 3 aromatic rings. The van der Waals surface area contributed by atoms with Gasteiger partial charge in [-0.05, 0) is 74.1 Å². The average molecular weight is 441 g/mol. The van der Waals surface area contributed by atoms with Crippen LogP contribution in [0.25, 0.3) is 22.4 Å². The lowest BCUT2D eigenvalue weighted by Crippen LogP contribution is -2.33. The van der Waals surface area contributed by atoms with Gasteiger partial charge in [0.15, 0.2) is 0 Å². The zero-order valence-corrected chi connectivity index (χ0v) is 18.6. The first-order chi connectivity index (χ1) is 14.8. The number of nitrogens with two attached hydrogens (primary N) is 1. The SMILES string of the molecule is Cc1ccc(-c2cc(-c3cc(S(=O)(=O)NCC4CCCOC4)ccc3C)cnc2N)[nH]1. The van der Waals surface area contributed by atoms with Crippen molar-refractivity contribution in [3.8, 4) is 22.4 Å². The molecule has 0 aliphatic carbocycles. The number of hydrogen-bond donors (Lipinski definition) is 3. The average Bonchev–Trinajstić information content (AvgIpc) is 3.20. The van der Waals surface area contributed by atoms with Crippen LogP contribution < -0.4 is 10.5 Å². The maximum Gasteiger partial charge on any atom is 0.240 e. The van der Waals surface area contributed by atoms with Crippen LogP contribution >= 0.6 is 0 Å². The molecule has 1 saturated heterocycles. The molecule has 1 fully saturated rings. The Balaban J connectivity index is 1.63. The Morgan fingerprint density at radius 2 is 2.03 bits per heavy atom. The molecule has 1 aliphatic rings. The van der Waals surface area contributed by atoms with Crippen molar-refractivity contribution in [1.29, 1.82) is 0 Å². The van der Waals surface area contributed by atoms with Crippen LogP contribution in [0.1, 0.15) is 24.1 Å². The fourth-order valence-corrected chi connectivity index (χ4v) is 5.00. The summed E-state index contributed by atoms with van der Waals surface area (Å²) in [6, 6.07) is 11.0. The number of H-pyrrole nitrogens is 1. The quantitative estimate of drug-likeness (QED) is 0.542. The summed E-state index contributed by atoms with van der Waals surface area (Å²) in [5, 5.41) is 0. The summed E-state index contributed by atoms with van der Waals surface area (Å²) in [5.74, 6) is 0.630. The van der Waals surface area contributed by atoms with Gasteiger partial charge in [0.1, 0.15) is 5.82 Å². The van der Waals surface area contributed by atoms with E-state index >= 15 is 0 Å². The number of pyridine rings is 1. The number of nitrogen functional groups attached to an aromatic ring is 1. The maximum atomic E-state index is 12.9. The molecule has 0 spiro atoms. The first kappa shape index (κ1) is 21.5. The standard InChI is InChI=1S/C23H28N4O3S/c1-15-5-7-19(31(28,29)26-12-17-4-3-9-30-14-17)11-20(15)18-10-21(23(24)25-13-18)22-8-6-16(2)27-22/h5-8,10-11,13,17,26-27H,3-4,9,12,14H2,1-2H3,(H2,24,25). The van der Waals surface area contributed by atoms with E-state index in [-0.39, 0.29) is 10.8 Å². The number of nitrogens with zero attached hydrogens (tertiary/aromatic N) is 1. The number of aryl methyl sites for hydroxylation is 2. The lowest BCUT2D eigenvalue weighted by atomic mass is 10.00. The lowest BCUT2D eigenvalue weighted by molar-refractivity contribution is 0.0568. The van der Waals surface area contributed by atoms with Crippen molar-refractivity contribution in [2.24, 2.45) is 5.92 Å². The third-order valence-corrected chi connectivity index (χ3v) is 7.11. The molecule has 0 radical (unpaired) electrons. The predicted octanol–water partition coefficient (Wildman–Crippen LogP) is 3.65. The Bertz CT molecular complexity index is 1180. The van der Waals surface area contributed by atoms with E-state index in [0.29, 0.717) is 19.0 Å². The molecule has 1 unspecified atom stereocenters. The molecule has 0 saturated carbocycles. The van der Waals surface area contributed by atoms with Crippen molar-refractivity contribution < 1.29 is 13.2 Å². The largest absolute Gasteiger partial charge is 0.383 e. The van der Waals surface area contributed by atoms with E-state index in [0.717, 1.165) is 53.1 Å². The number of sulfonamides is 1. The van der Waals surface area contributed by atoms with Crippen LogP contribution in [0.4, 0.5) is 5.82 Å². The molecular formula is C23H28N4O3S. The fourth-order valence-electron chi connectivity index (χ4n) is 3.86. The number of aromatic amines is 1. The van der Waals surface area contributed by atoms with Gasteiger partial charge in [0.05, 0.1) is 11.5 Å². The molecular weight excluding hydrogens is 412 g/mol. The Labute approximate surface area is 183 Å². The highest BCUT2D eigenvalue weighted by Crippen LogP contribution is 2.32. The molecule has 3 heterocycles. The zero-order valence-electron chi connectivity index (χ0n) is 17.8. The van der Waals surface area contributed by atoms with Gasteiger partial charge in [-0.25, -0.2) is 18.1 Å². The number of benzene rings is 1. The van der Waals surface area contributed by atoms with E-state index < -0.39 is 10.0 Å².